The SMILES string of the molecule is O=C([O-])NC1(Cc2c[nH]c3ccccc23)CC(=O)N(CCc2ccccc2)C1=O. The van der Waals surface area contributed by atoms with Crippen molar-refractivity contribution < 1.29 is 19.5 Å². The number of hydrogen-bond acceptors (Lipinski definition) is 4. The molecule has 0 aliphatic carbocycles. The number of aromatic amines is 1. The van der Waals surface area contributed by atoms with Gasteiger partial charge in [-0.05, 0) is 23.6 Å². The van der Waals surface area contributed by atoms with Gasteiger partial charge in [0, 0.05) is 30.1 Å². The van der Waals surface area contributed by atoms with E-state index in [9.17, 15) is 19.5 Å². The quantitative estimate of drug-likeness (QED) is 0.621. The van der Waals surface area contributed by atoms with Crippen LogP contribution in [0.2, 0.25) is 0 Å². The third-order valence-corrected chi connectivity index (χ3v) is 5.38. The maximum absolute atomic E-state index is 13.2. The second-order valence-corrected chi connectivity index (χ2v) is 7.29. The zero-order valence-electron chi connectivity index (χ0n) is 15.7. The van der Waals surface area contributed by atoms with Gasteiger partial charge >= 0.3 is 0 Å². The normalized spacial score (nSPS) is 19.1. The number of hydrogen-bond donors (Lipinski definition) is 2. The predicted molar refractivity (Wildman–Crippen MR) is 105 cm³/mol. The van der Waals surface area contributed by atoms with E-state index in [4.69, 9.17) is 0 Å². The minimum atomic E-state index is -1.57. The van der Waals surface area contributed by atoms with Crippen LogP contribution >= 0.6 is 0 Å². The van der Waals surface area contributed by atoms with Crippen LogP contribution in [0.25, 0.3) is 10.9 Å². The van der Waals surface area contributed by atoms with Crippen molar-refractivity contribution in [3.05, 3.63) is 71.9 Å². The van der Waals surface area contributed by atoms with E-state index in [0.29, 0.717) is 6.42 Å². The molecule has 1 fully saturated rings. The summed E-state index contributed by atoms with van der Waals surface area (Å²) in [7, 11) is 0. The van der Waals surface area contributed by atoms with Crippen LogP contribution in [0, 0.1) is 0 Å². The molecule has 0 bridgehead atoms. The summed E-state index contributed by atoms with van der Waals surface area (Å²) in [6, 6.07) is 17.1. The van der Waals surface area contributed by atoms with E-state index < -0.39 is 17.5 Å². The Kier molecular flexibility index (Phi) is 4.80. The Morgan fingerprint density at radius 3 is 2.59 bits per heavy atom. The van der Waals surface area contributed by atoms with E-state index in [1.165, 1.54) is 0 Å². The zero-order valence-corrected chi connectivity index (χ0v) is 15.7. The molecule has 7 heteroatoms. The van der Waals surface area contributed by atoms with Gasteiger partial charge in [-0.25, -0.2) is 0 Å². The van der Waals surface area contributed by atoms with E-state index in [0.717, 1.165) is 26.9 Å². The highest BCUT2D eigenvalue weighted by atomic mass is 16.4. The van der Waals surface area contributed by atoms with Crippen LogP contribution in [0.15, 0.2) is 60.8 Å². The van der Waals surface area contributed by atoms with Crippen molar-refractivity contribution in [2.45, 2.75) is 24.8 Å². The lowest BCUT2D eigenvalue weighted by Crippen LogP contribution is -2.59. The molecule has 7 nitrogen and oxygen atoms in total. The van der Waals surface area contributed by atoms with E-state index >= 15 is 0 Å². The van der Waals surface area contributed by atoms with Crippen molar-refractivity contribution in [2.75, 3.05) is 6.54 Å². The number of nitrogens with one attached hydrogen (secondary N) is 2. The first-order valence-corrected chi connectivity index (χ1v) is 9.41. The fourth-order valence-corrected chi connectivity index (χ4v) is 3.99. The van der Waals surface area contributed by atoms with Gasteiger partial charge in [-0.15, -0.1) is 0 Å². The second kappa shape index (κ2) is 7.43. The monoisotopic (exact) mass is 390 g/mol. The number of para-hydroxylation sites is 1. The lowest BCUT2D eigenvalue weighted by atomic mass is 9.89. The van der Waals surface area contributed by atoms with E-state index in [2.05, 4.69) is 10.3 Å². The molecule has 2 heterocycles. The largest absolute Gasteiger partial charge is 0.530 e. The summed E-state index contributed by atoms with van der Waals surface area (Å²) in [6.45, 7) is 0.200. The Labute approximate surface area is 167 Å². The first-order chi connectivity index (χ1) is 14.0. The molecule has 148 valence electrons. The number of amides is 3. The minimum Gasteiger partial charge on any atom is -0.530 e. The molecule has 1 aromatic heterocycles. The van der Waals surface area contributed by atoms with Gasteiger partial charge in [0.05, 0.1) is 6.42 Å². The van der Waals surface area contributed by atoms with Crippen molar-refractivity contribution in [3.8, 4) is 0 Å². The number of rotatable bonds is 6. The van der Waals surface area contributed by atoms with Crippen molar-refractivity contribution in [1.29, 1.82) is 0 Å². The first-order valence-electron chi connectivity index (χ1n) is 9.41. The average molecular weight is 390 g/mol. The van der Waals surface area contributed by atoms with Crippen LogP contribution in [-0.2, 0) is 22.4 Å². The molecule has 0 spiro atoms. The van der Waals surface area contributed by atoms with Crippen molar-refractivity contribution in [1.82, 2.24) is 15.2 Å². The molecular formula is C22H20N3O4-. The third-order valence-electron chi connectivity index (χ3n) is 5.38. The number of imide groups is 1. The van der Waals surface area contributed by atoms with Crippen molar-refractivity contribution in [2.24, 2.45) is 0 Å². The van der Waals surface area contributed by atoms with Gasteiger partial charge in [0.2, 0.25) is 5.91 Å². The molecule has 1 aliphatic heterocycles. The molecule has 1 atom stereocenters. The summed E-state index contributed by atoms with van der Waals surface area (Å²) in [6.07, 6.45) is 0.516. The minimum absolute atomic E-state index is 0.0669. The molecule has 29 heavy (non-hydrogen) atoms. The highest BCUT2D eigenvalue weighted by Gasteiger charge is 2.51. The highest BCUT2D eigenvalue weighted by Crippen LogP contribution is 2.31. The van der Waals surface area contributed by atoms with Crippen LogP contribution in [0.1, 0.15) is 17.5 Å². The molecule has 0 saturated carbocycles. The van der Waals surface area contributed by atoms with Crippen LogP contribution < -0.4 is 10.4 Å². The Balaban J connectivity index is 1.61. The fraction of sp³-hybridized carbons (Fsp3) is 0.227. The maximum atomic E-state index is 13.2. The van der Waals surface area contributed by atoms with Gasteiger partial charge in [0.1, 0.15) is 11.6 Å². The average Bonchev–Trinajstić information content (AvgIpc) is 3.20. The van der Waals surface area contributed by atoms with Crippen molar-refractivity contribution in [3.63, 3.8) is 0 Å². The van der Waals surface area contributed by atoms with E-state index in [1.807, 2.05) is 54.6 Å². The first kappa shape index (κ1) is 18.7. The summed E-state index contributed by atoms with van der Waals surface area (Å²) in [4.78, 5) is 41.5. The van der Waals surface area contributed by atoms with E-state index in [1.54, 1.807) is 6.20 Å². The molecule has 2 N–H and O–H groups in total. The summed E-state index contributed by atoms with van der Waals surface area (Å²) in [5, 5.41) is 14.5. The topological polar surface area (TPSA) is 105 Å². The number of fused-ring (bicyclic) bond motifs is 1. The second-order valence-electron chi connectivity index (χ2n) is 7.29. The molecule has 1 aliphatic rings. The fourth-order valence-electron chi connectivity index (χ4n) is 3.99. The lowest BCUT2D eigenvalue weighted by Gasteiger charge is -2.29. The number of H-pyrrole nitrogens is 1. The Morgan fingerprint density at radius 1 is 1.10 bits per heavy atom. The van der Waals surface area contributed by atoms with Crippen LogP contribution in [0.4, 0.5) is 4.79 Å². The van der Waals surface area contributed by atoms with Crippen LogP contribution in [-0.4, -0.2) is 39.9 Å². The summed E-state index contributed by atoms with van der Waals surface area (Å²) < 4.78 is 0. The summed E-state index contributed by atoms with van der Waals surface area (Å²) >= 11 is 0. The standard InChI is InChI=1S/C22H21N3O4/c26-19-13-22(24-21(28)29,12-16-14-23-18-9-5-4-8-17(16)18)20(27)25(19)11-10-15-6-2-1-3-7-15/h1-9,14,23-24H,10-13H2,(H,28,29)/p-1. The number of carbonyl (C=O) groups excluding carboxylic acids is 3. The van der Waals surface area contributed by atoms with E-state index in [-0.39, 0.29) is 25.3 Å². The van der Waals surface area contributed by atoms with Gasteiger partial charge in [-0.2, -0.15) is 0 Å². The van der Waals surface area contributed by atoms with Gasteiger partial charge < -0.3 is 20.2 Å². The lowest BCUT2D eigenvalue weighted by molar-refractivity contribution is -0.253. The van der Waals surface area contributed by atoms with Gasteiger partial charge in [-0.1, -0.05) is 48.5 Å². The molecule has 0 radical (unpaired) electrons. The Hall–Kier alpha value is -3.61. The molecule has 4 rings (SSSR count). The van der Waals surface area contributed by atoms with Gasteiger partial charge in [0.15, 0.2) is 0 Å². The Bertz CT molecular complexity index is 1080. The smallest absolute Gasteiger partial charge is 0.255 e. The predicted octanol–water partition coefficient (Wildman–Crippen LogP) is 1.38. The third kappa shape index (κ3) is 3.59. The molecule has 3 aromatic rings. The van der Waals surface area contributed by atoms with Gasteiger partial charge in [0.25, 0.3) is 5.91 Å². The number of nitrogens with zero attached hydrogens (tertiary/aromatic N) is 1. The number of benzene rings is 2. The summed E-state index contributed by atoms with van der Waals surface area (Å²) in [5.74, 6) is -0.924. The number of carbonyl (C=O) groups is 3. The summed E-state index contributed by atoms with van der Waals surface area (Å²) in [5.41, 5.74) is 1.08. The zero-order chi connectivity index (χ0) is 20.4. The highest BCUT2D eigenvalue weighted by molar-refractivity contribution is 6.09. The van der Waals surface area contributed by atoms with Crippen LogP contribution in [0.3, 0.4) is 0 Å². The maximum Gasteiger partial charge on any atom is 0.255 e. The van der Waals surface area contributed by atoms with Crippen molar-refractivity contribution >= 4 is 28.8 Å². The Morgan fingerprint density at radius 2 is 1.83 bits per heavy atom. The van der Waals surface area contributed by atoms with Crippen LogP contribution in [0.5, 0.6) is 0 Å². The number of aromatic nitrogens is 1. The molecule has 1 saturated heterocycles. The molecule has 1 unspecified atom stereocenters. The molecule has 2 aromatic carbocycles. The van der Waals surface area contributed by atoms with Gasteiger partial charge in [-0.3, -0.25) is 14.5 Å². The molecular weight excluding hydrogens is 370 g/mol. The molecule has 3 amide bonds. The number of likely N-dealkylation sites (tertiary alicyclic amines) is 1. The number of carboxylic acid groups (broad SMARTS) is 1.